The van der Waals surface area contributed by atoms with Crippen molar-refractivity contribution in [2.24, 2.45) is 0 Å². The molecule has 1 aliphatic heterocycles. The van der Waals surface area contributed by atoms with Crippen LogP contribution in [0.1, 0.15) is 52.9 Å². The lowest BCUT2D eigenvalue weighted by Crippen LogP contribution is -2.41. The topological polar surface area (TPSA) is 95.6 Å². The quantitative estimate of drug-likeness (QED) is 0.555. The molecule has 7 heteroatoms. The molecular weight excluding hydrogens is 394 g/mol. The molecule has 1 fully saturated rings. The number of benzene rings is 2. The van der Waals surface area contributed by atoms with Gasteiger partial charge in [0.05, 0.1) is 6.54 Å². The van der Waals surface area contributed by atoms with Crippen molar-refractivity contribution < 1.29 is 19.2 Å². The molecule has 2 N–H and O–H groups in total. The minimum absolute atomic E-state index is 0.134. The Hall–Kier alpha value is -3.48. The van der Waals surface area contributed by atoms with E-state index in [1.807, 2.05) is 18.2 Å². The zero-order valence-corrected chi connectivity index (χ0v) is 17.7. The summed E-state index contributed by atoms with van der Waals surface area (Å²) in [6.45, 7) is 3.17. The minimum atomic E-state index is -1.18. The van der Waals surface area contributed by atoms with Crippen molar-refractivity contribution in [3.05, 3.63) is 70.3 Å². The van der Waals surface area contributed by atoms with E-state index < -0.39 is 17.5 Å². The summed E-state index contributed by atoms with van der Waals surface area (Å²) in [4.78, 5) is 50.5. The zero-order valence-electron chi connectivity index (χ0n) is 17.7. The molecule has 1 atom stereocenters. The number of aryl methyl sites for hydroxylation is 2. The van der Waals surface area contributed by atoms with Gasteiger partial charge in [-0.05, 0) is 48.4 Å². The van der Waals surface area contributed by atoms with Crippen LogP contribution in [-0.2, 0) is 34.5 Å². The fourth-order valence-corrected chi connectivity index (χ4v) is 4.19. The molecule has 2 aromatic rings. The second-order valence-corrected chi connectivity index (χ2v) is 8.31. The number of carbonyl (C=O) groups excluding carboxylic acids is 4. The number of nitrogens with one attached hydrogen (secondary N) is 2. The molecule has 0 bridgehead atoms. The van der Waals surface area contributed by atoms with E-state index in [1.54, 1.807) is 31.2 Å². The highest BCUT2D eigenvalue weighted by atomic mass is 16.2. The molecule has 4 amide bonds. The molecule has 2 aliphatic rings. The van der Waals surface area contributed by atoms with Crippen LogP contribution < -0.4 is 10.6 Å². The van der Waals surface area contributed by atoms with Gasteiger partial charge in [0.1, 0.15) is 5.54 Å². The number of imide groups is 1. The van der Waals surface area contributed by atoms with Crippen LogP contribution in [0.15, 0.2) is 42.5 Å². The first-order chi connectivity index (χ1) is 14.8. The molecule has 160 valence electrons. The van der Waals surface area contributed by atoms with Crippen LogP contribution in [0.3, 0.4) is 0 Å². The zero-order chi connectivity index (χ0) is 22.2. The maximum atomic E-state index is 13.2. The number of ketones is 1. The first kappa shape index (κ1) is 20.8. The van der Waals surface area contributed by atoms with Crippen LogP contribution in [-0.4, -0.2) is 35.1 Å². The first-order valence-electron chi connectivity index (χ1n) is 10.4. The van der Waals surface area contributed by atoms with Crippen molar-refractivity contribution in [3.8, 4) is 0 Å². The van der Waals surface area contributed by atoms with E-state index in [-0.39, 0.29) is 18.2 Å². The third-order valence-electron chi connectivity index (χ3n) is 6.07. The number of nitrogens with zero attached hydrogens (tertiary/aromatic N) is 1. The Morgan fingerprint density at radius 2 is 1.77 bits per heavy atom. The van der Waals surface area contributed by atoms with Crippen LogP contribution in [0, 0.1) is 0 Å². The van der Waals surface area contributed by atoms with Crippen LogP contribution >= 0.6 is 0 Å². The first-order valence-corrected chi connectivity index (χ1v) is 10.4. The van der Waals surface area contributed by atoms with E-state index in [9.17, 15) is 19.2 Å². The number of Topliss-reactive ketones (excluding diaryl/α,β-unsaturated/α-hetero) is 1. The van der Waals surface area contributed by atoms with Gasteiger partial charge in [0.15, 0.2) is 5.78 Å². The summed E-state index contributed by atoms with van der Waals surface area (Å²) >= 11 is 0. The van der Waals surface area contributed by atoms with Gasteiger partial charge in [-0.2, -0.15) is 0 Å². The van der Waals surface area contributed by atoms with Crippen LogP contribution in [0.5, 0.6) is 0 Å². The number of carbonyl (C=O) groups is 4. The molecule has 1 heterocycles. The number of fused-ring (bicyclic) bond motifs is 1. The Morgan fingerprint density at radius 1 is 1.06 bits per heavy atom. The summed E-state index contributed by atoms with van der Waals surface area (Å²) in [5.74, 6) is -0.885. The van der Waals surface area contributed by atoms with E-state index in [1.165, 1.54) is 18.1 Å². The summed E-state index contributed by atoms with van der Waals surface area (Å²) in [6, 6.07) is 12.1. The van der Waals surface area contributed by atoms with Crippen molar-refractivity contribution in [3.63, 3.8) is 0 Å². The second-order valence-electron chi connectivity index (χ2n) is 8.31. The largest absolute Gasteiger partial charge is 0.352 e. The maximum Gasteiger partial charge on any atom is 0.325 e. The molecule has 2 aromatic carbocycles. The average molecular weight is 419 g/mol. The summed E-state index contributed by atoms with van der Waals surface area (Å²) in [5, 5.41) is 5.47. The van der Waals surface area contributed by atoms with Crippen LogP contribution in [0.4, 0.5) is 4.79 Å². The molecule has 0 saturated carbocycles. The number of amides is 4. The Bertz CT molecular complexity index is 1080. The third-order valence-corrected chi connectivity index (χ3v) is 6.07. The Kier molecular flexibility index (Phi) is 5.35. The Morgan fingerprint density at radius 3 is 2.48 bits per heavy atom. The van der Waals surface area contributed by atoms with Gasteiger partial charge in [0.25, 0.3) is 5.91 Å². The highest BCUT2D eigenvalue weighted by molar-refractivity contribution is 6.11. The molecule has 0 radical (unpaired) electrons. The molecule has 1 saturated heterocycles. The molecule has 1 aliphatic carbocycles. The van der Waals surface area contributed by atoms with E-state index in [0.29, 0.717) is 12.1 Å². The van der Waals surface area contributed by atoms with Gasteiger partial charge in [-0.15, -0.1) is 0 Å². The van der Waals surface area contributed by atoms with Crippen molar-refractivity contribution >= 4 is 23.6 Å². The normalized spacial score (nSPS) is 19.9. The number of hydrogen-bond acceptors (Lipinski definition) is 4. The van der Waals surface area contributed by atoms with E-state index >= 15 is 0 Å². The lowest BCUT2D eigenvalue weighted by atomic mass is 9.89. The summed E-state index contributed by atoms with van der Waals surface area (Å²) in [6.07, 6.45) is 3.11. The molecule has 0 spiro atoms. The predicted molar refractivity (Wildman–Crippen MR) is 114 cm³/mol. The van der Waals surface area contributed by atoms with Crippen molar-refractivity contribution in [2.45, 2.75) is 45.2 Å². The SMILES string of the molecule is CC(=O)NCc1ccc(C(=O)CN2C(=O)N[C@](C)(c3ccc4c(c3)CCC4)C2=O)cc1. The summed E-state index contributed by atoms with van der Waals surface area (Å²) in [5.41, 5.74) is 3.32. The fourth-order valence-electron chi connectivity index (χ4n) is 4.19. The lowest BCUT2D eigenvalue weighted by molar-refractivity contribution is -0.130. The Balaban J connectivity index is 1.48. The summed E-state index contributed by atoms with van der Waals surface area (Å²) in [7, 11) is 0. The van der Waals surface area contributed by atoms with Crippen molar-refractivity contribution in [1.29, 1.82) is 0 Å². The molecule has 0 unspecified atom stereocenters. The monoisotopic (exact) mass is 419 g/mol. The van der Waals surface area contributed by atoms with Crippen LogP contribution in [0.2, 0.25) is 0 Å². The Labute approximate surface area is 180 Å². The highest BCUT2D eigenvalue weighted by Crippen LogP contribution is 2.32. The minimum Gasteiger partial charge on any atom is -0.352 e. The van der Waals surface area contributed by atoms with Crippen LogP contribution in [0.25, 0.3) is 0 Å². The average Bonchev–Trinajstić information content (AvgIpc) is 3.31. The van der Waals surface area contributed by atoms with Gasteiger partial charge in [-0.25, -0.2) is 4.79 Å². The fraction of sp³-hybridized carbons (Fsp3) is 0.333. The van der Waals surface area contributed by atoms with Gasteiger partial charge < -0.3 is 10.6 Å². The highest BCUT2D eigenvalue weighted by Gasteiger charge is 2.49. The van der Waals surface area contributed by atoms with E-state index in [4.69, 9.17) is 0 Å². The lowest BCUT2D eigenvalue weighted by Gasteiger charge is -2.23. The van der Waals surface area contributed by atoms with Gasteiger partial charge in [-0.3, -0.25) is 19.3 Å². The number of hydrogen-bond donors (Lipinski definition) is 2. The van der Waals surface area contributed by atoms with Crippen molar-refractivity contribution in [2.75, 3.05) is 6.54 Å². The third kappa shape index (κ3) is 3.95. The molecule has 7 nitrogen and oxygen atoms in total. The van der Waals surface area contributed by atoms with E-state index in [0.717, 1.165) is 35.3 Å². The summed E-state index contributed by atoms with van der Waals surface area (Å²) < 4.78 is 0. The van der Waals surface area contributed by atoms with Gasteiger partial charge in [0, 0.05) is 19.0 Å². The van der Waals surface area contributed by atoms with Gasteiger partial charge >= 0.3 is 6.03 Å². The van der Waals surface area contributed by atoms with Crippen molar-refractivity contribution in [1.82, 2.24) is 15.5 Å². The predicted octanol–water partition coefficient (Wildman–Crippen LogP) is 2.46. The van der Waals surface area contributed by atoms with Gasteiger partial charge in [-0.1, -0.05) is 42.5 Å². The second kappa shape index (κ2) is 7.98. The van der Waals surface area contributed by atoms with E-state index in [2.05, 4.69) is 10.6 Å². The molecule has 31 heavy (non-hydrogen) atoms. The maximum absolute atomic E-state index is 13.2. The number of rotatable bonds is 6. The number of urea groups is 1. The smallest absolute Gasteiger partial charge is 0.325 e. The molecule has 0 aromatic heterocycles. The standard InChI is InChI=1S/C24H25N3O4/c1-15(28)25-13-16-6-8-18(9-7-16)21(29)14-27-22(30)24(2,26-23(27)31)20-11-10-17-4-3-5-19(17)12-20/h6-12H,3-5,13-14H2,1-2H3,(H,25,28)(H,26,31)/t24-/m1/s1. The molecular formula is C24H25N3O4. The molecule has 4 rings (SSSR count). The van der Waals surface area contributed by atoms with Gasteiger partial charge in [0.2, 0.25) is 5.91 Å².